The Balaban J connectivity index is 1.06. The molecule has 0 spiro atoms. The smallest absolute Gasteiger partial charge is 0.416 e. The van der Waals surface area contributed by atoms with E-state index in [1.54, 1.807) is 29.2 Å². The average molecular weight is 894 g/mol. The van der Waals surface area contributed by atoms with E-state index in [0.29, 0.717) is 74.9 Å². The topological polar surface area (TPSA) is 202 Å². The third-order valence-corrected chi connectivity index (χ3v) is 14.2. The Labute approximate surface area is 360 Å². The van der Waals surface area contributed by atoms with Crippen LogP contribution in [0.2, 0.25) is 0 Å². The van der Waals surface area contributed by atoms with Gasteiger partial charge in [0.1, 0.15) is 34.8 Å². The highest BCUT2D eigenvalue weighted by molar-refractivity contribution is 7.91. The lowest BCUT2D eigenvalue weighted by molar-refractivity contribution is -0.141. The van der Waals surface area contributed by atoms with Crippen molar-refractivity contribution in [1.29, 1.82) is 0 Å². The molecule has 0 unspecified atom stereocenters. The fourth-order valence-electron chi connectivity index (χ4n) is 8.59. The van der Waals surface area contributed by atoms with Crippen LogP contribution in [-0.2, 0) is 35.3 Å². The number of furan rings is 1. The summed E-state index contributed by atoms with van der Waals surface area (Å²) in [5.41, 5.74) is -1.32. The van der Waals surface area contributed by atoms with Crippen molar-refractivity contribution in [3.63, 3.8) is 0 Å². The molecule has 3 N–H and O–H groups in total. The van der Waals surface area contributed by atoms with Gasteiger partial charge >= 0.3 is 12.2 Å². The number of urea groups is 1. The van der Waals surface area contributed by atoms with E-state index in [1.165, 1.54) is 17.0 Å². The number of hydrogen-bond donors (Lipinski definition) is 3. The number of rotatable bonds is 7. The highest BCUT2D eigenvalue weighted by atomic mass is 32.2. The molecule has 9 rings (SSSR count). The SMILES string of the molecule is O=C1N[C@]2(C(=O)NS(=O)(=O)C3CC3)C[C@H]2C=CCCCCC[C@H](NC(=O)N2CCOCC2)C(=O)N2C[C@H](Oc3nc(-c4ccc(C(F)(F)F)cc4)nc4c3oc3ccccc34)C[C@@H]12. The number of carbonyl (C=O) groups excluding carboxylic acids is 4. The molecule has 4 fully saturated rings. The van der Waals surface area contributed by atoms with Crippen molar-refractivity contribution >= 4 is 55.8 Å². The van der Waals surface area contributed by atoms with Crippen LogP contribution in [0.15, 0.2) is 65.1 Å². The fourth-order valence-corrected chi connectivity index (χ4v) is 9.96. The monoisotopic (exact) mass is 893 g/mol. The summed E-state index contributed by atoms with van der Waals surface area (Å²) in [6.45, 7) is 1.16. The lowest BCUT2D eigenvalue weighted by Gasteiger charge is -2.32. The largest absolute Gasteiger partial charge is 0.470 e. The number of benzene rings is 2. The molecule has 2 aromatic heterocycles. The summed E-state index contributed by atoms with van der Waals surface area (Å²) < 4.78 is 86.7. The molecule has 2 saturated carbocycles. The number of hydrogen-bond acceptors (Lipinski definition) is 11. The Morgan fingerprint density at radius 1 is 0.968 bits per heavy atom. The van der Waals surface area contributed by atoms with Crippen LogP contribution >= 0.6 is 0 Å². The first kappa shape index (κ1) is 42.5. The number of allylic oxidation sites excluding steroid dienone is 1. The lowest BCUT2D eigenvalue weighted by Crippen LogP contribution is -2.59. The second-order valence-electron chi connectivity index (χ2n) is 16.8. The number of alkyl halides is 3. The van der Waals surface area contributed by atoms with Crippen molar-refractivity contribution < 1.29 is 54.7 Å². The molecule has 4 aromatic rings. The Morgan fingerprint density at radius 3 is 2.48 bits per heavy atom. The predicted molar refractivity (Wildman–Crippen MR) is 220 cm³/mol. The standard InChI is InChI=1S/C43H46F3N7O9S/c44-43(45,46)26-14-12-25(13-15-26)36-48-34-30-9-6-7-11-33(30)62-35(34)38(49-36)61-28-22-32-37(54)50-42(40(56)51-63(58,59)29-16-17-29)23-27(42)8-4-2-1-3-5-10-31(39(55)53(32)24-28)47-41(57)52-18-20-60-21-19-52/h4,6-9,11-15,27-29,31-32H,1-3,5,10,16-24H2,(H,47,57)(H,50,54)(H,51,56)/t27-,28-,31+,32+,42-/m1/s1. The van der Waals surface area contributed by atoms with Gasteiger partial charge in [-0.05, 0) is 62.8 Å². The number of para-hydroxylation sites is 1. The fraction of sp³-hybridized carbons (Fsp3) is 0.488. The van der Waals surface area contributed by atoms with Crippen LogP contribution in [0, 0.1) is 5.92 Å². The number of amides is 5. The van der Waals surface area contributed by atoms with Crippen LogP contribution in [0.5, 0.6) is 5.88 Å². The Kier molecular flexibility index (Phi) is 11.3. The highest BCUT2D eigenvalue weighted by Gasteiger charge is 2.62. The average Bonchev–Trinajstić information content (AvgIpc) is 4.17. The maximum atomic E-state index is 14.8. The molecule has 2 aromatic carbocycles. The zero-order chi connectivity index (χ0) is 44.1. The van der Waals surface area contributed by atoms with Crippen LogP contribution in [-0.4, -0.2) is 114 Å². The first-order chi connectivity index (χ1) is 30.2. The molecule has 20 heteroatoms. The van der Waals surface area contributed by atoms with Gasteiger partial charge in [-0.3, -0.25) is 19.1 Å². The number of ether oxygens (including phenoxy) is 2. The van der Waals surface area contributed by atoms with Gasteiger partial charge in [0.2, 0.25) is 27.4 Å². The minimum atomic E-state index is -4.57. The molecule has 0 bridgehead atoms. The van der Waals surface area contributed by atoms with E-state index in [1.807, 2.05) is 12.2 Å². The van der Waals surface area contributed by atoms with E-state index in [9.17, 15) is 40.8 Å². The summed E-state index contributed by atoms with van der Waals surface area (Å²) >= 11 is 0. The van der Waals surface area contributed by atoms with Crippen molar-refractivity contribution in [2.75, 3.05) is 32.8 Å². The van der Waals surface area contributed by atoms with Crippen molar-refractivity contribution in [3.05, 3.63) is 66.2 Å². The van der Waals surface area contributed by atoms with Crippen molar-refractivity contribution in [2.45, 2.75) is 92.9 Å². The number of aromatic nitrogens is 2. The summed E-state index contributed by atoms with van der Waals surface area (Å²) in [5, 5.41) is 5.65. The Hall–Kier alpha value is -5.76. The van der Waals surface area contributed by atoms with Gasteiger partial charge in [-0.2, -0.15) is 18.2 Å². The van der Waals surface area contributed by atoms with E-state index in [0.717, 1.165) is 18.6 Å². The van der Waals surface area contributed by atoms with Gasteiger partial charge in [0, 0.05) is 36.4 Å². The number of fused-ring (bicyclic) bond motifs is 5. The van der Waals surface area contributed by atoms with E-state index in [4.69, 9.17) is 13.9 Å². The molecule has 0 radical (unpaired) electrons. The molecule has 16 nitrogen and oxygen atoms in total. The van der Waals surface area contributed by atoms with E-state index >= 15 is 0 Å². The van der Waals surface area contributed by atoms with Crippen LogP contribution in [0.25, 0.3) is 33.5 Å². The summed E-state index contributed by atoms with van der Waals surface area (Å²) in [6.07, 6.45) is 2.03. The minimum Gasteiger partial charge on any atom is -0.470 e. The molecule has 5 atom stereocenters. The van der Waals surface area contributed by atoms with Gasteiger partial charge in [0.25, 0.3) is 11.8 Å². The number of carbonyl (C=O) groups is 4. The third kappa shape index (κ3) is 8.78. The summed E-state index contributed by atoms with van der Waals surface area (Å²) in [7, 11) is -3.97. The van der Waals surface area contributed by atoms with Gasteiger partial charge in [-0.15, -0.1) is 0 Å². The van der Waals surface area contributed by atoms with Crippen molar-refractivity contribution in [1.82, 2.24) is 35.1 Å². The summed E-state index contributed by atoms with van der Waals surface area (Å²) in [6, 6.07) is 8.58. The number of nitrogens with one attached hydrogen (secondary N) is 3. The van der Waals surface area contributed by atoms with E-state index < -0.39 is 80.4 Å². The van der Waals surface area contributed by atoms with Crippen LogP contribution in [0.1, 0.15) is 63.4 Å². The third-order valence-electron chi connectivity index (χ3n) is 12.4. The van der Waals surface area contributed by atoms with E-state index in [-0.39, 0.29) is 48.7 Å². The molecule has 334 valence electrons. The molecular formula is C43H46F3N7O9S. The van der Waals surface area contributed by atoms with Crippen molar-refractivity contribution in [3.8, 4) is 17.3 Å². The molecule has 5 heterocycles. The quantitative estimate of drug-likeness (QED) is 0.215. The first-order valence-electron chi connectivity index (χ1n) is 21.2. The predicted octanol–water partition coefficient (Wildman–Crippen LogP) is 4.82. The van der Waals surface area contributed by atoms with Gasteiger partial charge in [-0.25, -0.2) is 18.2 Å². The van der Waals surface area contributed by atoms with Gasteiger partial charge in [0.15, 0.2) is 5.82 Å². The molecule has 3 aliphatic heterocycles. The lowest BCUT2D eigenvalue weighted by atomic mass is 10.0. The minimum absolute atomic E-state index is 0.0345. The normalized spacial score (nSPS) is 26.0. The Bertz CT molecular complexity index is 2580. The van der Waals surface area contributed by atoms with E-state index in [2.05, 4.69) is 25.3 Å². The van der Waals surface area contributed by atoms with Gasteiger partial charge in [-0.1, -0.05) is 49.3 Å². The van der Waals surface area contributed by atoms with Crippen molar-refractivity contribution in [2.24, 2.45) is 5.92 Å². The Morgan fingerprint density at radius 2 is 1.73 bits per heavy atom. The van der Waals surface area contributed by atoms with Gasteiger partial charge < -0.3 is 34.3 Å². The van der Waals surface area contributed by atoms with Crippen LogP contribution < -0.4 is 20.1 Å². The zero-order valence-electron chi connectivity index (χ0n) is 34.1. The second-order valence-corrected chi connectivity index (χ2v) is 18.8. The first-order valence-corrected chi connectivity index (χ1v) is 22.8. The zero-order valence-corrected chi connectivity index (χ0v) is 34.9. The maximum Gasteiger partial charge on any atom is 0.416 e. The van der Waals surface area contributed by atoms with Crippen LogP contribution in [0.3, 0.4) is 0 Å². The molecular weight excluding hydrogens is 848 g/mol. The number of halogens is 3. The molecule has 2 saturated heterocycles. The number of sulfonamides is 1. The van der Waals surface area contributed by atoms with Gasteiger partial charge in [0.05, 0.1) is 30.6 Å². The summed E-state index contributed by atoms with van der Waals surface area (Å²) in [4.78, 5) is 69.0. The summed E-state index contributed by atoms with van der Waals surface area (Å²) in [5.74, 6) is -2.70. The maximum absolute atomic E-state index is 14.8. The number of nitrogens with zero attached hydrogens (tertiary/aromatic N) is 4. The van der Waals surface area contributed by atoms with Crippen LogP contribution in [0.4, 0.5) is 18.0 Å². The second kappa shape index (κ2) is 16.7. The highest BCUT2D eigenvalue weighted by Crippen LogP contribution is 2.46. The molecule has 63 heavy (non-hydrogen) atoms. The molecule has 5 aliphatic rings. The molecule has 5 amide bonds. The number of morpholine rings is 1. The molecule has 2 aliphatic carbocycles.